The predicted molar refractivity (Wildman–Crippen MR) is 83.0 cm³/mol. The summed E-state index contributed by atoms with van der Waals surface area (Å²) in [6.45, 7) is 5.49. The number of carbonyl (C=O) groups is 1. The first-order valence-corrected chi connectivity index (χ1v) is 8.23. The van der Waals surface area contributed by atoms with Crippen molar-refractivity contribution < 1.29 is 24.5 Å². The normalized spacial score (nSPS) is 33.5. The zero-order chi connectivity index (χ0) is 16.6. The van der Waals surface area contributed by atoms with Crippen LogP contribution >= 0.6 is 0 Å². The molecule has 1 saturated heterocycles. The number of rotatable bonds is 1. The third-order valence-corrected chi connectivity index (χ3v) is 5.53. The summed E-state index contributed by atoms with van der Waals surface area (Å²) in [5.41, 5.74) is 0.508. The first-order valence-electron chi connectivity index (χ1n) is 8.23. The number of ketones is 1. The van der Waals surface area contributed by atoms with Gasteiger partial charge in [0.05, 0.1) is 5.60 Å². The summed E-state index contributed by atoms with van der Waals surface area (Å²) in [7, 11) is 0. The quantitative estimate of drug-likeness (QED) is 0.775. The van der Waals surface area contributed by atoms with Crippen molar-refractivity contribution in [2.75, 3.05) is 0 Å². The summed E-state index contributed by atoms with van der Waals surface area (Å²) in [6.07, 6.45) is 3.50. The Hall–Kier alpha value is -1.75. The number of hydrogen-bond acceptors (Lipinski definition) is 5. The van der Waals surface area contributed by atoms with Gasteiger partial charge >= 0.3 is 0 Å². The fraction of sp³-hybridized carbons (Fsp3) is 0.611. The smallest absolute Gasteiger partial charge is 0.214 e. The molecule has 2 N–H and O–H groups in total. The number of benzene rings is 1. The van der Waals surface area contributed by atoms with E-state index in [1.54, 1.807) is 0 Å². The van der Waals surface area contributed by atoms with E-state index in [0.717, 1.165) is 25.7 Å². The van der Waals surface area contributed by atoms with Gasteiger partial charge in [0.15, 0.2) is 5.78 Å². The largest absolute Gasteiger partial charge is 0.507 e. The second-order valence-electron chi connectivity index (χ2n) is 7.67. The van der Waals surface area contributed by atoms with Crippen molar-refractivity contribution in [1.29, 1.82) is 0 Å². The fourth-order valence-electron chi connectivity index (χ4n) is 4.84. The Kier molecular flexibility index (Phi) is 2.84. The summed E-state index contributed by atoms with van der Waals surface area (Å²) in [6, 6.07) is 1.27. The van der Waals surface area contributed by atoms with Gasteiger partial charge < -0.3 is 19.7 Å². The second-order valence-corrected chi connectivity index (χ2v) is 7.67. The SMILES string of the molecule is CC(=O)c1c(O)cc(O)c2c1OC13CCCC2C1CC(C)(C)O3. The van der Waals surface area contributed by atoms with Gasteiger partial charge in [-0.1, -0.05) is 0 Å². The van der Waals surface area contributed by atoms with Gasteiger partial charge in [0.1, 0.15) is 22.8 Å². The van der Waals surface area contributed by atoms with Gasteiger partial charge in [0, 0.05) is 29.9 Å². The molecule has 5 heteroatoms. The lowest BCUT2D eigenvalue weighted by Gasteiger charge is -2.48. The molecule has 3 atom stereocenters. The molecule has 3 unspecified atom stereocenters. The molecule has 3 aliphatic rings. The molecule has 124 valence electrons. The monoisotopic (exact) mass is 318 g/mol. The van der Waals surface area contributed by atoms with E-state index in [2.05, 4.69) is 0 Å². The highest BCUT2D eigenvalue weighted by atomic mass is 16.7. The van der Waals surface area contributed by atoms with E-state index >= 15 is 0 Å². The number of aromatic hydroxyl groups is 2. The van der Waals surface area contributed by atoms with E-state index in [9.17, 15) is 15.0 Å². The highest BCUT2D eigenvalue weighted by molar-refractivity contribution is 6.00. The average molecular weight is 318 g/mol. The average Bonchev–Trinajstić information content (AvgIpc) is 2.67. The van der Waals surface area contributed by atoms with E-state index in [-0.39, 0.29) is 40.3 Å². The number of carbonyl (C=O) groups excluding carboxylic acids is 1. The Bertz CT molecular complexity index is 708. The summed E-state index contributed by atoms with van der Waals surface area (Å²) >= 11 is 0. The molecule has 2 bridgehead atoms. The molecule has 0 spiro atoms. The Morgan fingerprint density at radius 1 is 1.30 bits per heavy atom. The molecule has 0 radical (unpaired) electrons. The fourth-order valence-corrected chi connectivity index (χ4v) is 4.84. The van der Waals surface area contributed by atoms with Gasteiger partial charge in [-0.05, 0) is 40.0 Å². The van der Waals surface area contributed by atoms with E-state index in [4.69, 9.17) is 9.47 Å². The number of phenols is 2. The lowest BCUT2D eigenvalue weighted by atomic mass is 9.68. The summed E-state index contributed by atoms with van der Waals surface area (Å²) in [4.78, 5) is 12.0. The number of phenolic OH excluding ortho intramolecular Hbond substituents is 2. The van der Waals surface area contributed by atoms with Crippen molar-refractivity contribution in [2.24, 2.45) is 5.92 Å². The van der Waals surface area contributed by atoms with Gasteiger partial charge in [0.25, 0.3) is 0 Å². The highest BCUT2D eigenvalue weighted by Gasteiger charge is 2.62. The van der Waals surface area contributed by atoms with Crippen LogP contribution in [-0.2, 0) is 4.74 Å². The third-order valence-electron chi connectivity index (χ3n) is 5.53. The first-order chi connectivity index (χ1) is 10.7. The molecule has 2 aliphatic heterocycles. The standard InChI is InChI=1S/C18H22O5/c1-9(19)14-12(20)7-13(21)15-10-5-4-6-18(22-16(14)15)11(10)8-17(2,3)23-18/h7,10-11,20-21H,4-6,8H2,1-3H3. The molecule has 1 aromatic carbocycles. The molecular weight excluding hydrogens is 296 g/mol. The van der Waals surface area contributed by atoms with Crippen molar-refractivity contribution >= 4 is 5.78 Å². The molecule has 23 heavy (non-hydrogen) atoms. The van der Waals surface area contributed by atoms with E-state index in [1.165, 1.54) is 13.0 Å². The van der Waals surface area contributed by atoms with Crippen molar-refractivity contribution in [1.82, 2.24) is 0 Å². The molecular formula is C18H22O5. The molecule has 4 rings (SSSR count). The zero-order valence-electron chi connectivity index (χ0n) is 13.7. The minimum absolute atomic E-state index is 0.00714. The van der Waals surface area contributed by atoms with E-state index in [0.29, 0.717) is 11.3 Å². The van der Waals surface area contributed by atoms with Gasteiger partial charge in [-0.2, -0.15) is 0 Å². The maximum absolute atomic E-state index is 12.0. The van der Waals surface area contributed by atoms with Gasteiger partial charge in [-0.25, -0.2) is 0 Å². The van der Waals surface area contributed by atoms with Crippen molar-refractivity contribution in [3.63, 3.8) is 0 Å². The van der Waals surface area contributed by atoms with E-state index in [1.807, 2.05) is 13.8 Å². The Labute approximate surface area is 135 Å². The van der Waals surface area contributed by atoms with Crippen LogP contribution in [0, 0.1) is 5.92 Å². The maximum atomic E-state index is 12.0. The molecule has 1 saturated carbocycles. The Morgan fingerprint density at radius 2 is 2.04 bits per heavy atom. The molecule has 1 aromatic rings. The molecule has 1 aliphatic carbocycles. The van der Waals surface area contributed by atoms with Crippen LogP contribution in [0.25, 0.3) is 0 Å². The van der Waals surface area contributed by atoms with Crippen molar-refractivity contribution in [2.45, 2.75) is 63.8 Å². The number of hydrogen-bond donors (Lipinski definition) is 2. The molecule has 0 aromatic heterocycles. The van der Waals surface area contributed by atoms with E-state index < -0.39 is 5.79 Å². The van der Waals surface area contributed by atoms with Crippen molar-refractivity contribution in [3.05, 3.63) is 17.2 Å². The van der Waals surface area contributed by atoms with Crippen LogP contribution in [-0.4, -0.2) is 27.4 Å². The maximum Gasteiger partial charge on any atom is 0.214 e. The summed E-state index contributed by atoms with van der Waals surface area (Å²) in [5.74, 6) is -0.685. The summed E-state index contributed by atoms with van der Waals surface area (Å²) < 4.78 is 12.5. The topological polar surface area (TPSA) is 76.0 Å². The lowest BCUT2D eigenvalue weighted by molar-refractivity contribution is -0.234. The minimum atomic E-state index is -0.746. The Balaban J connectivity index is 1.96. The lowest BCUT2D eigenvalue weighted by Crippen LogP contribution is -2.50. The minimum Gasteiger partial charge on any atom is -0.507 e. The van der Waals surface area contributed by atoms with Crippen LogP contribution < -0.4 is 4.74 Å². The van der Waals surface area contributed by atoms with Crippen LogP contribution in [0.2, 0.25) is 0 Å². The molecule has 2 fully saturated rings. The van der Waals surface area contributed by atoms with Crippen LogP contribution in [0.5, 0.6) is 17.2 Å². The van der Waals surface area contributed by atoms with Gasteiger partial charge in [-0.3, -0.25) is 4.79 Å². The van der Waals surface area contributed by atoms with Crippen LogP contribution in [0.15, 0.2) is 6.07 Å². The predicted octanol–water partition coefficient (Wildman–Crippen LogP) is 3.47. The zero-order valence-corrected chi connectivity index (χ0v) is 13.7. The van der Waals surface area contributed by atoms with Crippen molar-refractivity contribution in [3.8, 4) is 17.2 Å². The third kappa shape index (κ3) is 1.92. The molecule has 5 nitrogen and oxygen atoms in total. The van der Waals surface area contributed by atoms with Crippen LogP contribution in [0.4, 0.5) is 0 Å². The molecule has 0 amide bonds. The van der Waals surface area contributed by atoms with Gasteiger partial charge in [0.2, 0.25) is 5.79 Å². The second kappa shape index (κ2) is 4.41. The first kappa shape index (κ1) is 14.8. The molecule has 2 heterocycles. The van der Waals surface area contributed by atoms with Gasteiger partial charge in [-0.15, -0.1) is 0 Å². The van der Waals surface area contributed by atoms with Crippen LogP contribution in [0.1, 0.15) is 68.3 Å². The number of fused-ring (bicyclic) bond motifs is 2. The number of Topliss-reactive ketones (excluding diaryl/α,β-unsaturated/α-hetero) is 1. The number of ether oxygens (including phenoxy) is 2. The highest BCUT2D eigenvalue weighted by Crippen LogP contribution is 2.63. The van der Waals surface area contributed by atoms with Crippen LogP contribution in [0.3, 0.4) is 0 Å². The summed E-state index contributed by atoms with van der Waals surface area (Å²) in [5, 5.41) is 20.5. The Morgan fingerprint density at radius 3 is 2.74 bits per heavy atom.